The Morgan fingerprint density at radius 3 is 1.85 bits per heavy atom. The van der Waals surface area contributed by atoms with Crippen LogP contribution < -0.4 is 10.8 Å². The Balaban J connectivity index is 2.28. The van der Waals surface area contributed by atoms with Crippen LogP contribution in [-0.2, 0) is 44.8 Å². The van der Waals surface area contributed by atoms with E-state index in [1.165, 1.54) is 44.9 Å². The quantitative estimate of drug-likeness (QED) is 0.0476. The van der Waals surface area contributed by atoms with Gasteiger partial charge < -0.3 is 24.3 Å². The van der Waals surface area contributed by atoms with Crippen LogP contribution in [0.5, 0.6) is 0 Å². The first kappa shape index (κ1) is 42.5. The summed E-state index contributed by atoms with van der Waals surface area (Å²) < 4.78 is 21.7. The van der Waals surface area contributed by atoms with Crippen LogP contribution in [0.4, 0.5) is 0 Å². The molecule has 2 N–H and O–H groups in total. The maximum atomic E-state index is 12.9. The lowest BCUT2D eigenvalue weighted by atomic mass is 9.94. The Hall–Kier alpha value is -2.53. The van der Waals surface area contributed by atoms with Crippen LogP contribution in [0.25, 0.3) is 0 Å². The number of benzene rings is 1. The van der Waals surface area contributed by atoms with E-state index in [4.69, 9.17) is 23.8 Å². The molecule has 0 spiro atoms. The van der Waals surface area contributed by atoms with Crippen molar-refractivity contribution in [3.8, 4) is 0 Å². The van der Waals surface area contributed by atoms with Gasteiger partial charge in [0.05, 0.1) is 46.1 Å². The molecular formula is C37H64N2O8. The summed E-state index contributed by atoms with van der Waals surface area (Å²) in [6.45, 7) is 8.12. The molecule has 0 aliphatic carbocycles. The van der Waals surface area contributed by atoms with Crippen LogP contribution in [0.2, 0.25) is 0 Å². The van der Waals surface area contributed by atoms with Crippen molar-refractivity contribution in [1.82, 2.24) is 10.8 Å². The van der Waals surface area contributed by atoms with Gasteiger partial charge in [0.2, 0.25) is 11.8 Å². The molecule has 47 heavy (non-hydrogen) atoms. The lowest BCUT2D eigenvalue weighted by Gasteiger charge is -2.17. The van der Waals surface area contributed by atoms with Gasteiger partial charge >= 0.3 is 5.97 Å². The fourth-order valence-corrected chi connectivity index (χ4v) is 4.89. The minimum Gasteiger partial charge on any atom is -0.461 e. The minimum absolute atomic E-state index is 0.0938. The Morgan fingerprint density at radius 2 is 1.21 bits per heavy atom. The molecule has 1 aromatic carbocycles. The predicted octanol–water partition coefficient (Wildman–Crippen LogP) is 6.84. The van der Waals surface area contributed by atoms with Gasteiger partial charge in [-0.2, -0.15) is 0 Å². The van der Waals surface area contributed by atoms with Gasteiger partial charge in [-0.3, -0.25) is 19.2 Å². The Morgan fingerprint density at radius 1 is 0.638 bits per heavy atom. The maximum absolute atomic E-state index is 12.9. The summed E-state index contributed by atoms with van der Waals surface area (Å²) in [5.74, 6) is -1.11. The van der Waals surface area contributed by atoms with E-state index in [0.29, 0.717) is 45.9 Å². The summed E-state index contributed by atoms with van der Waals surface area (Å²) in [7, 11) is 0. The molecule has 0 bridgehead atoms. The van der Waals surface area contributed by atoms with E-state index in [9.17, 15) is 14.4 Å². The average Bonchev–Trinajstić information content (AvgIpc) is 3.08. The maximum Gasteiger partial charge on any atom is 0.307 e. The zero-order valence-electron chi connectivity index (χ0n) is 29.4. The normalized spacial score (nSPS) is 11.7. The lowest BCUT2D eigenvalue weighted by Crippen LogP contribution is -2.33. The third kappa shape index (κ3) is 27.2. The first-order chi connectivity index (χ1) is 23.1. The number of hydrogen-bond acceptors (Lipinski definition) is 8. The van der Waals surface area contributed by atoms with Crippen LogP contribution in [0.3, 0.4) is 0 Å². The monoisotopic (exact) mass is 664 g/mol. The average molecular weight is 665 g/mol. The summed E-state index contributed by atoms with van der Waals surface area (Å²) in [5, 5.41) is 2.77. The zero-order chi connectivity index (χ0) is 34.0. The van der Waals surface area contributed by atoms with Crippen LogP contribution >= 0.6 is 0 Å². The van der Waals surface area contributed by atoms with Crippen molar-refractivity contribution in [2.45, 2.75) is 123 Å². The van der Waals surface area contributed by atoms with Gasteiger partial charge in [0.25, 0.3) is 0 Å². The second kappa shape index (κ2) is 32.0. The summed E-state index contributed by atoms with van der Waals surface area (Å²) >= 11 is 0. The van der Waals surface area contributed by atoms with Crippen molar-refractivity contribution in [3.05, 3.63) is 35.9 Å². The zero-order valence-corrected chi connectivity index (χ0v) is 29.4. The standard InChI is InChI=1S/C37H64N2O8/c1-3-5-7-8-9-10-11-12-13-17-20-34(37(42)39-47-31-30-45-29-28-44-27-26-43-25-6-4-2)21-22-35(40)38-24-23-36(41)46-32-33-18-15-14-16-19-33/h14-16,18-19,34H,3-13,17,20-32H2,1-2H3,(H,38,40)(H,39,42)/t34-/m0/s1. The third-order valence-electron chi connectivity index (χ3n) is 7.78. The highest BCUT2D eigenvalue weighted by Gasteiger charge is 2.20. The van der Waals surface area contributed by atoms with E-state index in [-0.39, 0.29) is 56.3 Å². The Bertz CT molecular complexity index is 886. The van der Waals surface area contributed by atoms with Gasteiger partial charge in [0.1, 0.15) is 6.61 Å². The summed E-state index contributed by atoms with van der Waals surface area (Å²) in [5.41, 5.74) is 3.47. The fraction of sp³-hybridized carbons (Fsp3) is 0.757. The number of unbranched alkanes of at least 4 members (excludes halogenated alkanes) is 10. The molecule has 0 saturated carbocycles. The van der Waals surface area contributed by atoms with Crippen LogP contribution in [-0.4, -0.2) is 70.6 Å². The molecule has 0 saturated heterocycles. The summed E-state index contributed by atoms with van der Waals surface area (Å²) in [6, 6.07) is 9.46. The number of hydroxylamine groups is 1. The van der Waals surface area contributed by atoms with Gasteiger partial charge in [0, 0.05) is 25.5 Å². The molecule has 0 heterocycles. The van der Waals surface area contributed by atoms with Crippen LogP contribution in [0, 0.1) is 5.92 Å². The Kier molecular flexibility index (Phi) is 29.0. The highest BCUT2D eigenvalue weighted by atomic mass is 16.7. The van der Waals surface area contributed by atoms with Crippen molar-refractivity contribution in [2.75, 3.05) is 52.8 Å². The molecule has 0 aliphatic heterocycles. The molecule has 270 valence electrons. The molecule has 1 atom stereocenters. The van der Waals surface area contributed by atoms with Gasteiger partial charge in [-0.05, 0) is 24.8 Å². The van der Waals surface area contributed by atoms with E-state index in [0.717, 1.165) is 44.3 Å². The lowest BCUT2D eigenvalue weighted by molar-refractivity contribution is -0.144. The SMILES string of the molecule is CCCCCCCCCCCC[C@@H](CCC(=O)NCCC(=O)OCc1ccccc1)C(=O)NOCCOCCOCCOCCCC. The molecular weight excluding hydrogens is 600 g/mol. The van der Waals surface area contributed by atoms with Gasteiger partial charge in [-0.15, -0.1) is 0 Å². The number of carbonyl (C=O) groups excluding carboxylic acids is 3. The largest absolute Gasteiger partial charge is 0.461 e. The third-order valence-corrected chi connectivity index (χ3v) is 7.78. The second-order valence-electron chi connectivity index (χ2n) is 12.0. The molecule has 0 radical (unpaired) electrons. The summed E-state index contributed by atoms with van der Waals surface area (Å²) in [4.78, 5) is 42.8. The van der Waals surface area contributed by atoms with E-state index < -0.39 is 0 Å². The van der Waals surface area contributed by atoms with E-state index >= 15 is 0 Å². The summed E-state index contributed by atoms with van der Waals surface area (Å²) in [6.07, 6.45) is 15.8. The molecule has 0 fully saturated rings. The van der Waals surface area contributed by atoms with Gasteiger partial charge in [0.15, 0.2) is 0 Å². The van der Waals surface area contributed by atoms with E-state index in [1.54, 1.807) is 0 Å². The minimum atomic E-state index is -0.367. The van der Waals surface area contributed by atoms with Crippen molar-refractivity contribution >= 4 is 17.8 Å². The van der Waals surface area contributed by atoms with Crippen LogP contribution in [0.1, 0.15) is 122 Å². The number of rotatable bonds is 33. The second-order valence-corrected chi connectivity index (χ2v) is 12.0. The molecule has 0 unspecified atom stereocenters. The van der Waals surface area contributed by atoms with Crippen molar-refractivity contribution < 1.29 is 38.2 Å². The molecule has 0 aliphatic rings. The highest BCUT2D eigenvalue weighted by Crippen LogP contribution is 2.18. The Labute approximate surface area is 284 Å². The number of ether oxygens (including phenoxy) is 4. The molecule has 1 aromatic rings. The van der Waals surface area contributed by atoms with Crippen LogP contribution in [0.15, 0.2) is 30.3 Å². The van der Waals surface area contributed by atoms with Gasteiger partial charge in [-0.25, -0.2) is 5.48 Å². The number of hydrogen-bond donors (Lipinski definition) is 2. The van der Waals surface area contributed by atoms with Crippen molar-refractivity contribution in [3.63, 3.8) is 0 Å². The topological polar surface area (TPSA) is 121 Å². The predicted molar refractivity (Wildman–Crippen MR) is 185 cm³/mol. The highest BCUT2D eigenvalue weighted by molar-refractivity contribution is 5.80. The van der Waals surface area contributed by atoms with E-state index in [2.05, 4.69) is 24.6 Å². The number of esters is 1. The molecule has 10 nitrogen and oxygen atoms in total. The molecule has 0 aromatic heterocycles. The smallest absolute Gasteiger partial charge is 0.307 e. The fourth-order valence-electron chi connectivity index (χ4n) is 4.89. The first-order valence-corrected chi connectivity index (χ1v) is 18.2. The first-order valence-electron chi connectivity index (χ1n) is 18.2. The molecule has 10 heteroatoms. The van der Waals surface area contributed by atoms with Gasteiger partial charge in [-0.1, -0.05) is 115 Å². The number of amides is 2. The molecule has 1 rings (SSSR count). The molecule has 2 amide bonds. The van der Waals surface area contributed by atoms with Crippen molar-refractivity contribution in [2.24, 2.45) is 5.92 Å². The van der Waals surface area contributed by atoms with Crippen molar-refractivity contribution in [1.29, 1.82) is 0 Å². The van der Waals surface area contributed by atoms with E-state index in [1.807, 2.05) is 30.3 Å². The number of nitrogens with one attached hydrogen (secondary N) is 2. The number of carbonyl (C=O) groups is 3.